The van der Waals surface area contributed by atoms with E-state index in [1.165, 1.54) is 11.6 Å². The normalized spacial score (nSPS) is 14.1. The largest absolute Gasteiger partial charge is 0.497 e. The summed E-state index contributed by atoms with van der Waals surface area (Å²) in [6.07, 6.45) is 0.246. The van der Waals surface area contributed by atoms with Gasteiger partial charge in [-0.2, -0.15) is 10.2 Å². The molecule has 0 spiro atoms. The summed E-state index contributed by atoms with van der Waals surface area (Å²) in [7, 11) is 4.71. The Morgan fingerprint density at radius 3 is 2.29 bits per heavy atom. The van der Waals surface area contributed by atoms with Gasteiger partial charge in [0.2, 0.25) is 5.95 Å². The monoisotopic (exact) mass is 423 g/mol. The smallest absolute Gasteiger partial charge is 0.332 e. The zero-order valence-corrected chi connectivity index (χ0v) is 17.9. The van der Waals surface area contributed by atoms with E-state index in [0.717, 1.165) is 29.1 Å². The van der Waals surface area contributed by atoms with Crippen LogP contribution in [0.25, 0.3) is 11.2 Å². The van der Waals surface area contributed by atoms with Crippen LogP contribution in [-0.4, -0.2) is 52.0 Å². The Kier molecular flexibility index (Phi) is 5.42. The van der Waals surface area contributed by atoms with Crippen molar-refractivity contribution in [2.24, 2.45) is 14.1 Å². The van der Waals surface area contributed by atoms with Crippen LogP contribution in [-0.2, 0) is 20.6 Å². The number of piperazine rings is 1. The van der Waals surface area contributed by atoms with E-state index in [9.17, 15) is 9.59 Å². The average molecular weight is 423 g/mol. The maximum absolute atomic E-state index is 12.8. The number of anilines is 2. The van der Waals surface area contributed by atoms with Crippen LogP contribution in [0.4, 0.5) is 11.6 Å². The number of benzene rings is 1. The minimum absolute atomic E-state index is 0.246. The Morgan fingerprint density at radius 1 is 1.03 bits per heavy atom. The van der Waals surface area contributed by atoms with Gasteiger partial charge in [0, 0.05) is 52.5 Å². The molecule has 1 aliphatic rings. The second kappa shape index (κ2) is 8.18. The molecule has 10 heteroatoms. The first kappa shape index (κ1) is 20.5. The molecule has 1 fully saturated rings. The summed E-state index contributed by atoms with van der Waals surface area (Å²) in [6, 6.07) is 10.1. The second-order valence-electron chi connectivity index (χ2n) is 7.52. The third-order valence-corrected chi connectivity index (χ3v) is 5.78. The minimum Gasteiger partial charge on any atom is -0.497 e. The van der Waals surface area contributed by atoms with Gasteiger partial charge in [-0.05, 0) is 24.3 Å². The number of fused-ring (bicyclic) bond motifs is 1. The van der Waals surface area contributed by atoms with Crippen LogP contribution >= 0.6 is 0 Å². The highest BCUT2D eigenvalue weighted by molar-refractivity contribution is 5.74. The molecule has 1 aromatic carbocycles. The second-order valence-corrected chi connectivity index (χ2v) is 7.52. The lowest BCUT2D eigenvalue weighted by Crippen LogP contribution is -2.47. The Bertz CT molecular complexity index is 1260. The quantitative estimate of drug-likeness (QED) is 0.595. The summed E-state index contributed by atoms with van der Waals surface area (Å²) in [5, 5.41) is 9.11. The highest BCUT2D eigenvalue weighted by atomic mass is 16.5. The van der Waals surface area contributed by atoms with Crippen molar-refractivity contribution >= 4 is 22.8 Å². The first-order valence-corrected chi connectivity index (χ1v) is 10.1. The first-order valence-electron chi connectivity index (χ1n) is 10.1. The molecule has 0 aliphatic carbocycles. The number of rotatable bonds is 5. The molecule has 3 aromatic rings. The minimum atomic E-state index is -0.418. The fourth-order valence-corrected chi connectivity index (χ4v) is 4.01. The predicted octanol–water partition coefficient (Wildman–Crippen LogP) is 0.683. The number of ether oxygens (including phenoxy) is 1. The SMILES string of the molecule is COc1ccc(N2CCN(c3nc4c(c(=O)n(C)c(=O)n4C)n3CCC#N)CC2)cc1. The van der Waals surface area contributed by atoms with Gasteiger partial charge in [0.25, 0.3) is 5.56 Å². The number of nitriles is 1. The molecule has 4 rings (SSSR count). The van der Waals surface area contributed by atoms with E-state index in [4.69, 9.17) is 10.00 Å². The van der Waals surface area contributed by atoms with Gasteiger partial charge >= 0.3 is 5.69 Å². The molecular formula is C21H25N7O3. The lowest BCUT2D eigenvalue weighted by atomic mass is 10.2. The molecule has 10 nitrogen and oxygen atoms in total. The van der Waals surface area contributed by atoms with E-state index in [0.29, 0.717) is 36.7 Å². The first-order chi connectivity index (χ1) is 15.0. The third kappa shape index (κ3) is 3.52. The molecule has 162 valence electrons. The van der Waals surface area contributed by atoms with Crippen molar-refractivity contribution in [3.05, 3.63) is 45.1 Å². The number of nitrogens with zero attached hydrogens (tertiary/aromatic N) is 7. The zero-order valence-electron chi connectivity index (χ0n) is 17.9. The van der Waals surface area contributed by atoms with Crippen molar-refractivity contribution in [2.45, 2.75) is 13.0 Å². The molecule has 0 saturated carbocycles. The van der Waals surface area contributed by atoms with Crippen LogP contribution in [0.1, 0.15) is 6.42 Å². The third-order valence-electron chi connectivity index (χ3n) is 5.78. The number of imidazole rings is 1. The number of methoxy groups -OCH3 is 1. The summed E-state index contributed by atoms with van der Waals surface area (Å²) in [6.45, 7) is 3.32. The maximum Gasteiger partial charge on any atom is 0.332 e. The molecule has 0 unspecified atom stereocenters. The van der Waals surface area contributed by atoms with E-state index in [2.05, 4.69) is 20.9 Å². The van der Waals surface area contributed by atoms with Gasteiger partial charge in [0.15, 0.2) is 11.2 Å². The molecule has 1 saturated heterocycles. The summed E-state index contributed by atoms with van der Waals surface area (Å²) >= 11 is 0. The summed E-state index contributed by atoms with van der Waals surface area (Å²) in [5.41, 5.74) is 1.01. The Labute approximate surface area is 179 Å². The Morgan fingerprint density at radius 2 is 1.68 bits per heavy atom. The predicted molar refractivity (Wildman–Crippen MR) is 118 cm³/mol. The molecular weight excluding hydrogens is 398 g/mol. The van der Waals surface area contributed by atoms with Crippen molar-refractivity contribution in [2.75, 3.05) is 43.1 Å². The number of hydrogen-bond acceptors (Lipinski definition) is 7. The molecule has 3 heterocycles. The molecule has 31 heavy (non-hydrogen) atoms. The van der Waals surface area contributed by atoms with Gasteiger partial charge in [-0.25, -0.2) is 4.79 Å². The lowest BCUT2D eigenvalue weighted by molar-refractivity contribution is 0.415. The zero-order chi connectivity index (χ0) is 22.1. The van der Waals surface area contributed by atoms with Crippen molar-refractivity contribution in [3.8, 4) is 11.8 Å². The van der Waals surface area contributed by atoms with E-state index in [1.54, 1.807) is 18.7 Å². The highest BCUT2D eigenvalue weighted by Gasteiger charge is 2.25. The van der Waals surface area contributed by atoms with Crippen LogP contribution in [0.2, 0.25) is 0 Å². The van der Waals surface area contributed by atoms with Gasteiger partial charge in [-0.15, -0.1) is 0 Å². The molecule has 0 N–H and O–H groups in total. The standard InChI is InChI=1S/C21H25N7O3/c1-24-18-17(19(29)25(2)21(24)30)28(10-4-9-22)20(23-18)27-13-11-26(12-14-27)15-5-7-16(31-3)8-6-15/h5-8H,4,10-14H2,1-3H3. The molecule has 2 aromatic heterocycles. The van der Waals surface area contributed by atoms with Crippen molar-refractivity contribution in [1.29, 1.82) is 5.26 Å². The maximum atomic E-state index is 12.8. The number of hydrogen-bond donors (Lipinski definition) is 0. The van der Waals surface area contributed by atoms with E-state index < -0.39 is 11.2 Å². The van der Waals surface area contributed by atoms with Gasteiger partial charge in [0.1, 0.15) is 5.75 Å². The summed E-state index contributed by atoms with van der Waals surface area (Å²) < 4.78 is 9.48. The molecule has 0 bridgehead atoms. The van der Waals surface area contributed by atoms with E-state index in [-0.39, 0.29) is 6.42 Å². The van der Waals surface area contributed by atoms with Gasteiger partial charge < -0.3 is 19.1 Å². The Balaban J connectivity index is 1.67. The number of aromatic nitrogens is 4. The number of aryl methyl sites for hydroxylation is 2. The highest BCUT2D eigenvalue weighted by Crippen LogP contribution is 2.24. The van der Waals surface area contributed by atoms with Gasteiger partial charge in [-0.1, -0.05) is 0 Å². The van der Waals surface area contributed by atoms with Crippen molar-refractivity contribution in [1.82, 2.24) is 18.7 Å². The lowest BCUT2D eigenvalue weighted by Gasteiger charge is -2.36. The van der Waals surface area contributed by atoms with Crippen LogP contribution in [0.15, 0.2) is 33.9 Å². The van der Waals surface area contributed by atoms with E-state index in [1.807, 2.05) is 24.3 Å². The average Bonchev–Trinajstić information content (AvgIpc) is 3.19. The molecule has 0 radical (unpaired) electrons. The van der Waals surface area contributed by atoms with Crippen LogP contribution < -0.4 is 25.8 Å². The summed E-state index contributed by atoms with van der Waals surface area (Å²) in [4.78, 5) is 34.3. The Hall–Kier alpha value is -3.74. The van der Waals surface area contributed by atoms with E-state index >= 15 is 0 Å². The van der Waals surface area contributed by atoms with Crippen molar-refractivity contribution in [3.63, 3.8) is 0 Å². The molecule has 1 aliphatic heterocycles. The topological polar surface area (TPSA) is 101 Å². The fraction of sp³-hybridized carbons (Fsp3) is 0.429. The van der Waals surface area contributed by atoms with Crippen molar-refractivity contribution < 1.29 is 4.74 Å². The van der Waals surface area contributed by atoms with Gasteiger partial charge in [-0.3, -0.25) is 13.9 Å². The fourth-order valence-electron chi connectivity index (χ4n) is 4.01. The molecule has 0 amide bonds. The van der Waals surface area contributed by atoms with Crippen LogP contribution in [0.3, 0.4) is 0 Å². The van der Waals surface area contributed by atoms with Crippen LogP contribution in [0.5, 0.6) is 5.75 Å². The summed E-state index contributed by atoms with van der Waals surface area (Å²) in [5.74, 6) is 1.44. The van der Waals surface area contributed by atoms with Crippen LogP contribution in [0, 0.1) is 11.3 Å². The van der Waals surface area contributed by atoms with Gasteiger partial charge in [0.05, 0.1) is 19.6 Å². The molecule has 0 atom stereocenters.